The van der Waals surface area contributed by atoms with Crippen LogP contribution in [0.4, 0.5) is 0 Å². The molecule has 0 saturated heterocycles. The molecule has 0 bridgehead atoms. The molecular weight excluding hydrogens is 444 g/mol. The number of carbonyl (C=O) groups excluding carboxylic acids is 1. The third-order valence-corrected chi connectivity index (χ3v) is 5.68. The van der Waals surface area contributed by atoms with Gasteiger partial charge in [0.15, 0.2) is 5.65 Å². The SMILES string of the molecule is Cc1c(C)n(-c2ccccc2)c2ncn(CC(=O)NCc3cccc(Br)c3)c(=O)c12. The van der Waals surface area contributed by atoms with E-state index in [1.807, 2.05) is 73.0 Å². The molecule has 2 aromatic heterocycles. The van der Waals surface area contributed by atoms with E-state index in [0.29, 0.717) is 17.6 Å². The van der Waals surface area contributed by atoms with E-state index in [-0.39, 0.29) is 18.0 Å². The van der Waals surface area contributed by atoms with Crippen LogP contribution in [0.5, 0.6) is 0 Å². The lowest BCUT2D eigenvalue weighted by Gasteiger charge is -2.09. The fraction of sp³-hybridized carbons (Fsp3) is 0.174. The van der Waals surface area contributed by atoms with E-state index in [9.17, 15) is 9.59 Å². The Kier molecular flexibility index (Phi) is 5.55. The molecule has 4 aromatic rings. The van der Waals surface area contributed by atoms with Crippen molar-refractivity contribution in [3.8, 4) is 5.69 Å². The monoisotopic (exact) mass is 464 g/mol. The Hall–Kier alpha value is -3.19. The van der Waals surface area contributed by atoms with Gasteiger partial charge in [0, 0.05) is 22.4 Å². The molecule has 0 aliphatic carbocycles. The summed E-state index contributed by atoms with van der Waals surface area (Å²) in [5.74, 6) is -0.241. The number of aryl methyl sites for hydroxylation is 1. The van der Waals surface area contributed by atoms with Crippen LogP contribution in [0.3, 0.4) is 0 Å². The van der Waals surface area contributed by atoms with Crippen molar-refractivity contribution in [3.05, 3.63) is 92.6 Å². The standard InChI is InChI=1S/C23H21BrN4O2/c1-15-16(2)28(19-9-4-3-5-10-19)22-21(15)23(30)27(14-26-22)13-20(29)25-12-17-7-6-8-18(24)11-17/h3-11,14H,12-13H2,1-2H3,(H,25,29). The van der Waals surface area contributed by atoms with Gasteiger partial charge in [0.25, 0.3) is 5.56 Å². The zero-order valence-corrected chi connectivity index (χ0v) is 18.3. The Morgan fingerprint density at radius 1 is 1.10 bits per heavy atom. The van der Waals surface area contributed by atoms with Gasteiger partial charge < -0.3 is 5.32 Å². The van der Waals surface area contributed by atoms with E-state index >= 15 is 0 Å². The van der Waals surface area contributed by atoms with Gasteiger partial charge in [0.1, 0.15) is 12.9 Å². The van der Waals surface area contributed by atoms with Crippen molar-refractivity contribution in [1.82, 2.24) is 19.4 Å². The summed E-state index contributed by atoms with van der Waals surface area (Å²) >= 11 is 3.42. The van der Waals surface area contributed by atoms with Gasteiger partial charge in [-0.25, -0.2) is 4.98 Å². The number of aromatic nitrogens is 3. The Labute approximate surface area is 182 Å². The number of halogens is 1. The average Bonchev–Trinajstić information content (AvgIpc) is 3.00. The van der Waals surface area contributed by atoms with Crippen LogP contribution < -0.4 is 10.9 Å². The van der Waals surface area contributed by atoms with Crippen molar-refractivity contribution in [2.45, 2.75) is 26.9 Å². The van der Waals surface area contributed by atoms with Crippen LogP contribution in [-0.2, 0) is 17.9 Å². The third-order valence-electron chi connectivity index (χ3n) is 5.19. The molecule has 0 fully saturated rings. The summed E-state index contributed by atoms with van der Waals surface area (Å²) in [6.45, 7) is 4.20. The summed E-state index contributed by atoms with van der Waals surface area (Å²) in [6.07, 6.45) is 1.45. The van der Waals surface area contributed by atoms with Crippen LogP contribution in [0.2, 0.25) is 0 Å². The molecule has 2 aromatic carbocycles. The highest BCUT2D eigenvalue weighted by molar-refractivity contribution is 9.10. The van der Waals surface area contributed by atoms with Crippen molar-refractivity contribution in [2.24, 2.45) is 0 Å². The number of nitrogens with zero attached hydrogens (tertiary/aromatic N) is 3. The van der Waals surface area contributed by atoms with Crippen LogP contribution in [0.1, 0.15) is 16.8 Å². The van der Waals surface area contributed by atoms with Crippen molar-refractivity contribution in [3.63, 3.8) is 0 Å². The first-order chi connectivity index (χ1) is 14.5. The molecule has 0 spiro atoms. The number of amides is 1. The maximum Gasteiger partial charge on any atom is 0.263 e. The summed E-state index contributed by atoms with van der Waals surface area (Å²) < 4.78 is 4.29. The normalized spacial score (nSPS) is 11.0. The van der Waals surface area contributed by atoms with Gasteiger partial charge in [0.05, 0.1) is 5.39 Å². The highest BCUT2D eigenvalue weighted by Gasteiger charge is 2.18. The fourth-order valence-corrected chi connectivity index (χ4v) is 4.00. The number of nitrogens with one attached hydrogen (secondary N) is 1. The van der Waals surface area contributed by atoms with Gasteiger partial charge in [-0.2, -0.15) is 0 Å². The molecule has 0 aliphatic rings. The van der Waals surface area contributed by atoms with Crippen molar-refractivity contribution in [1.29, 1.82) is 0 Å². The Bertz CT molecular complexity index is 1290. The molecule has 0 radical (unpaired) electrons. The van der Waals surface area contributed by atoms with Gasteiger partial charge >= 0.3 is 0 Å². The Morgan fingerprint density at radius 2 is 1.87 bits per heavy atom. The van der Waals surface area contributed by atoms with E-state index in [2.05, 4.69) is 26.2 Å². The van der Waals surface area contributed by atoms with Crippen LogP contribution in [0.15, 0.2) is 70.2 Å². The number of hydrogen-bond donors (Lipinski definition) is 1. The summed E-state index contributed by atoms with van der Waals surface area (Å²) in [4.78, 5) is 30.1. The number of hydrogen-bond acceptors (Lipinski definition) is 3. The van der Waals surface area contributed by atoms with Gasteiger partial charge in [-0.15, -0.1) is 0 Å². The lowest BCUT2D eigenvalue weighted by atomic mass is 10.2. The van der Waals surface area contributed by atoms with E-state index < -0.39 is 0 Å². The van der Waals surface area contributed by atoms with Crippen LogP contribution in [0, 0.1) is 13.8 Å². The van der Waals surface area contributed by atoms with Crippen LogP contribution in [0.25, 0.3) is 16.7 Å². The molecule has 7 heteroatoms. The molecule has 0 saturated carbocycles. The molecular formula is C23H21BrN4O2. The Balaban J connectivity index is 1.62. The van der Waals surface area contributed by atoms with Gasteiger partial charge in [-0.05, 0) is 49.2 Å². The molecule has 6 nitrogen and oxygen atoms in total. The average molecular weight is 465 g/mol. The first-order valence-electron chi connectivity index (χ1n) is 9.59. The summed E-state index contributed by atoms with van der Waals surface area (Å²) in [5.41, 5.74) is 4.14. The predicted molar refractivity (Wildman–Crippen MR) is 121 cm³/mol. The molecule has 2 heterocycles. The molecule has 30 heavy (non-hydrogen) atoms. The summed E-state index contributed by atoms with van der Waals surface area (Å²) in [7, 11) is 0. The maximum absolute atomic E-state index is 13.1. The minimum Gasteiger partial charge on any atom is -0.350 e. The summed E-state index contributed by atoms with van der Waals surface area (Å²) in [5, 5.41) is 3.39. The number of carbonyl (C=O) groups is 1. The van der Waals surface area contributed by atoms with Crippen molar-refractivity contribution in [2.75, 3.05) is 0 Å². The summed E-state index contributed by atoms with van der Waals surface area (Å²) in [6, 6.07) is 17.5. The molecule has 0 unspecified atom stereocenters. The van der Waals surface area contributed by atoms with Crippen LogP contribution >= 0.6 is 15.9 Å². The number of fused-ring (bicyclic) bond motifs is 1. The van der Waals surface area contributed by atoms with E-state index in [1.54, 1.807) is 0 Å². The largest absolute Gasteiger partial charge is 0.350 e. The quantitative estimate of drug-likeness (QED) is 0.487. The minimum atomic E-state index is -0.241. The minimum absolute atomic E-state index is 0.0786. The third kappa shape index (κ3) is 3.80. The fourth-order valence-electron chi connectivity index (χ4n) is 3.55. The second-order valence-corrected chi connectivity index (χ2v) is 8.08. The van der Waals surface area contributed by atoms with Crippen molar-refractivity contribution >= 4 is 32.9 Å². The van der Waals surface area contributed by atoms with E-state index in [4.69, 9.17) is 0 Å². The molecule has 152 valence electrons. The van der Waals surface area contributed by atoms with Gasteiger partial charge in [0.2, 0.25) is 5.91 Å². The highest BCUT2D eigenvalue weighted by atomic mass is 79.9. The zero-order chi connectivity index (χ0) is 21.3. The lowest BCUT2D eigenvalue weighted by Crippen LogP contribution is -2.32. The predicted octanol–water partition coefficient (Wildman–Crippen LogP) is 3.88. The van der Waals surface area contributed by atoms with Gasteiger partial charge in [-0.1, -0.05) is 46.3 Å². The van der Waals surface area contributed by atoms with Crippen molar-refractivity contribution < 1.29 is 4.79 Å². The molecule has 0 atom stereocenters. The van der Waals surface area contributed by atoms with Crippen LogP contribution in [-0.4, -0.2) is 20.0 Å². The Morgan fingerprint density at radius 3 is 2.60 bits per heavy atom. The molecule has 4 rings (SSSR count). The first kappa shape index (κ1) is 20.1. The maximum atomic E-state index is 13.1. The van der Waals surface area contributed by atoms with Gasteiger partial charge in [-0.3, -0.25) is 18.7 Å². The number of benzene rings is 2. The highest BCUT2D eigenvalue weighted by Crippen LogP contribution is 2.24. The number of rotatable bonds is 5. The van der Waals surface area contributed by atoms with E-state index in [1.165, 1.54) is 10.9 Å². The second kappa shape index (κ2) is 8.28. The van der Waals surface area contributed by atoms with E-state index in [0.717, 1.165) is 27.0 Å². The lowest BCUT2D eigenvalue weighted by molar-refractivity contribution is -0.121. The number of para-hydroxylation sites is 1. The molecule has 0 aliphatic heterocycles. The zero-order valence-electron chi connectivity index (χ0n) is 16.7. The second-order valence-electron chi connectivity index (χ2n) is 7.16. The molecule has 1 amide bonds. The smallest absolute Gasteiger partial charge is 0.263 e. The molecule has 1 N–H and O–H groups in total. The first-order valence-corrected chi connectivity index (χ1v) is 10.4. The topological polar surface area (TPSA) is 68.9 Å².